The third-order valence-corrected chi connectivity index (χ3v) is 22.8. The molecule has 12 aromatic carbocycles. The number of hydrogen-bond donors (Lipinski definition) is 0. The first-order valence-electron chi connectivity index (χ1n) is 33.1. The van der Waals surface area contributed by atoms with Gasteiger partial charge in [-0.25, -0.2) is 22.0 Å². The van der Waals surface area contributed by atoms with Crippen LogP contribution in [0.2, 0.25) is 0 Å². The van der Waals surface area contributed by atoms with Gasteiger partial charge in [0, 0.05) is 102 Å². The van der Waals surface area contributed by atoms with Crippen molar-refractivity contribution >= 4 is 180 Å². The van der Waals surface area contributed by atoms with Gasteiger partial charge >= 0.3 is 0 Å². The van der Waals surface area contributed by atoms with E-state index < -0.39 is 49.2 Å². The molecule has 6 aliphatic rings. The highest BCUT2D eigenvalue weighted by Crippen LogP contribution is 2.54. The van der Waals surface area contributed by atoms with Crippen molar-refractivity contribution < 1.29 is 36.2 Å². The Kier molecular flexibility index (Phi) is 13.2. The summed E-state index contributed by atoms with van der Waals surface area (Å²) in [7, 11) is 4.03. The van der Waals surface area contributed by atoms with Gasteiger partial charge in [0.15, 0.2) is 11.5 Å². The third kappa shape index (κ3) is 8.75. The van der Waals surface area contributed by atoms with Crippen molar-refractivity contribution in [1.29, 1.82) is 0 Å². The Balaban J connectivity index is 0.843. The zero-order chi connectivity index (χ0) is 67.6. The van der Waals surface area contributed by atoms with Crippen molar-refractivity contribution in [2.45, 2.75) is 0 Å². The Bertz CT molecular complexity index is 5720. The van der Waals surface area contributed by atoms with E-state index in [2.05, 4.69) is 63.2 Å². The monoisotopic (exact) mass is 1360 g/mol. The van der Waals surface area contributed by atoms with E-state index in [-0.39, 0.29) is 11.4 Å². The van der Waals surface area contributed by atoms with Gasteiger partial charge in [0.25, 0.3) is 20.1 Å². The molecule has 0 N–H and O–H groups in total. The number of benzene rings is 12. The molecule has 0 atom stereocenters. The summed E-state index contributed by atoms with van der Waals surface area (Å²) in [5.41, 5.74) is 13.2. The third-order valence-electron chi connectivity index (χ3n) is 20.3. The predicted octanol–water partition coefficient (Wildman–Crippen LogP) is 16.7. The molecule has 8 heterocycles. The van der Waals surface area contributed by atoms with Crippen LogP contribution in [0.3, 0.4) is 0 Å². The fourth-order valence-corrected chi connectivity index (χ4v) is 19.2. The fourth-order valence-electron chi connectivity index (χ4n) is 16.1. The predicted molar refractivity (Wildman–Crippen MR) is 403 cm³/mol. The quantitative estimate of drug-likeness (QED) is 0.0984. The van der Waals surface area contributed by atoms with E-state index in [0.29, 0.717) is 74.3 Å². The summed E-state index contributed by atoms with van der Waals surface area (Å²) in [5, 5.41) is 0. The number of hydrogen-bond acceptors (Lipinski definition) is 11. The fraction of sp³-hybridized carbons (Fsp3) is 0.0244. The number of para-hydroxylation sites is 9. The lowest BCUT2D eigenvalue weighted by atomic mass is 9.36. The maximum Gasteiger partial charge on any atom is 0.285 e. The standard InChI is InChI=1S/C82H50B3F5N6O3S2/c1-91-63-41-51(94(49-27-11-5-12-28-49)73-57(87)34-21-35-58(73)88)43-65-70(63)83(54-31-15-18-38-61(54)96(65)62-39-19-17-33-56(62)86)79-75(91)77-81(100-79)85-72-68(98-77)45-53(93(47-23-7-3-8-24-47)48-25-9-4-10-26-48)46-69(72)99-78-76-80(101-82(78)85)84-55-32-16-20-40-66(55)97-67-44-52(42-64(71(67)84)92(76)2)95(50-29-13-6-14-30-50)74-59(89)36-22-37-60(74)90/h3-46H,1-2H3. The van der Waals surface area contributed by atoms with Crippen LogP contribution in [0, 0.1) is 29.1 Å². The number of nitrogens with zero attached hydrogens (tertiary/aromatic N) is 6. The molecule has 0 aliphatic carbocycles. The smallest absolute Gasteiger partial charge is 0.285 e. The average molecular weight is 1360 g/mol. The van der Waals surface area contributed by atoms with E-state index in [9.17, 15) is 0 Å². The molecule has 0 spiro atoms. The molecule has 0 fully saturated rings. The first-order valence-corrected chi connectivity index (χ1v) is 34.8. The number of thiophene rings is 2. The lowest BCUT2D eigenvalue weighted by Crippen LogP contribution is -2.60. The summed E-state index contributed by atoms with van der Waals surface area (Å²) in [4.78, 5) is 11.6. The van der Waals surface area contributed by atoms with Gasteiger partial charge in [-0.2, -0.15) is 22.7 Å². The molecular weight excluding hydrogens is 1310 g/mol. The second-order valence-corrected chi connectivity index (χ2v) is 27.9. The number of rotatable bonds is 10. The largest absolute Gasteiger partial charge is 0.458 e. The zero-order valence-electron chi connectivity index (χ0n) is 53.7. The van der Waals surface area contributed by atoms with E-state index in [1.165, 1.54) is 42.5 Å². The molecule has 20 rings (SSSR count). The Labute approximate surface area is 586 Å². The molecule has 6 aliphatic heterocycles. The van der Waals surface area contributed by atoms with E-state index in [1.807, 2.05) is 183 Å². The number of halogens is 5. The van der Waals surface area contributed by atoms with Crippen LogP contribution in [0.15, 0.2) is 267 Å². The molecule has 0 amide bonds. The van der Waals surface area contributed by atoms with Gasteiger partial charge < -0.3 is 43.6 Å². The first kappa shape index (κ1) is 59.2. The van der Waals surface area contributed by atoms with Crippen molar-refractivity contribution in [3.8, 4) is 34.5 Å². The number of fused-ring (bicyclic) bond motifs is 14. The van der Waals surface area contributed by atoms with Gasteiger partial charge in [-0.05, 0) is 137 Å². The summed E-state index contributed by atoms with van der Waals surface area (Å²) in [6.45, 7) is -1.36. The topological polar surface area (TPSA) is 47.1 Å². The normalized spacial score (nSPS) is 13.4. The summed E-state index contributed by atoms with van der Waals surface area (Å²) >= 11 is 3.37. The van der Waals surface area contributed by atoms with Gasteiger partial charge in [0.2, 0.25) is 0 Å². The number of anilines is 16. The Morgan fingerprint density at radius 1 is 0.297 bits per heavy atom. The van der Waals surface area contributed by atoms with Crippen LogP contribution in [0.5, 0.6) is 34.5 Å². The van der Waals surface area contributed by atoms with Crippen LogP contribution in [0.25, 0.3) is 0 Å². The summed E-state index contributed by atoms with van der Waals surface area (Å²) in [6, 6.07) is 81.4. The Morgan fingerprint density at radius 3 is 1.20 bits per heavy atom. The minimum absolute atomic E-state index is 0.233. The van der Waals surface area contributed by atoms with Crippen molar-refractivity contribution in [2.24, 2.45) is 0 Å². The minimum atomic E-state index is -0.764. The van der Waals surface area contributed by atoms with Crippen LogP contribution in [-0.2, 0) is 0 Å². The molecule has 0 bridgehead atoms. The minimum Gasteiger partial charge on any atom is -0.458 e. The summed E-state index contributed by atoms with van der Waals surface area (Å²) < 4.78 is 110. The van der Waals surface area contributed by atoms with Crippen LogP contribution < -0.4 is 90.0 Å². The molecule has 19 heteroatoms. The molecule has 0 saturated heterocycles. The maximum absolute atomic E-state index is 17.0. The lowest BCUT2D eigenvalue weighted by molar-refractivity contribution is 0.467. The first-order chi connectivity index (χ1) is 49.5. The van der Waals surface area contributed by atoms with Crippen molar-refractivity contribution in [3.63, 3.8) is 0 Å². The Hall–Kier alpha value is -11.9. The van der Waals surface area contributed by atoms with Crippen LogP contribution >= 0.6 is 22.7 Å². The lowest BCUT2D eigenvalue weighted by Gasteiger charge is -2.43. The van der Waals surface area contributed by atoms with E-state index >= 15 is 22.0 Å². The SMILES string of the molecule is CN1c2cc(N(c3ccccc3)c3c(F)cccc3F)cc3c2B(c2ccccc2O3)c2sc3c(c21)Oc1cc(N(c2ccccc2)c2ccccc2)cc2c1B3c1sc3c(c1O2)N(C)c1cc(N(c2ccccc2)c2c(F)cccc2F)cc2c1B3c1ccccc1N2c1ccccc1F. The second kappa shape index (κ2) is 22.6. The molecule has 0 saturated carbocycles. The summed E-state index contributed by atoms with van der Waals surface area (Å²) in [5.74, 6) is 0.190. The van der Waals surface area contributed by atoms with Gasteiger partial charge in [-0.3, -0.25) is 0 Å². The van der Waals surface area contributed by atoms with Crippen molar-refractivity contribution in [3.05, 3.63) is 296 Å². The van der Waals surface area contributed by atoms with Crippen LogP contribution in [-0.4, -0.2) is 34.2 Å². The molecule has 0 unspecified atom stereocenters. The highest BCUT2D eigenvalue weighted by Gasteiger charge is 2.54. The van der Waals surface area contributed by atoms with Crippen molar-refractivity contribution in [1.82, 2.24) is 0 Å². The van der Waals surface area contributed by atoms with Gasteiger partial charge in [-0.1, -0.05) is 133 Å². The van der Waals surface area contributed by atoms with E-state index in [1.54, 1.807) is 44.6 Å². The average Bonchev–Trinajstić information content (AvgIpc) is 1.58. The molecule has 2 aromatic heterocycles. The molecule has 9 nitrogen and oxygen atoms in total. The Morgan fingerprint density at radius 2 is 0.683 bits per heavy atom. The number of ether oxygens (including phenoxy) is 3. The second-order valence-electron chi connectivity index (χ2n) is 25.7. The van der Waals surface area contributed by atoms with Gasteiger partial charge in [0.05, 0.1) is 34.1 Å². The van der Waals surface area contributed by atoms with Gasteiger partial charge in [0.1, 0.15) is 63.5 Å². The van der Waals surface area contributed by atoms with Crippen LogP contribution in [0.4, 0.5) is 113 Å². The molecule has 14 aromatic rings. The molecule has 0 radical (unpaired) electrons. The van der Waals surface area contributed by atoms with E-state index in [4.69, 9.17) is 14.2 Å². The summed E-state index contributed by atoms with van der Waals surface area (Å²) in [6.07, 6.45) is 0. The zero-order valence-corrected chi connectivity index (χ0v) is 55.4. The molecular formula is C82H50B3F5N6O3S2. The molecule has 101 heavy (non-hydrogen) atoms. The van der Waals surface area contributed by atoms with E-state index in [0.717, 1.165) is 86.2 Å². The highest BCUT2D eigenvalue weighted by atomic mass is 32.1. The highest BCUT2D eigenvalue weighted by molar-refractivity contribution is 7.44. The van der Waals surface area contributed by atoms with Crippen LogP contribution in [0.1, 0.15) is 0 Å². The van der Waals surface area contributed by atoms with Gasteiger partial charge in [-0.15, -0.1) is 0 Å². The maximum atomic E-state index is 17.0. The van der Waals surface area contributed by atoms with Crippen molar-refractivity contribution in [2.75, 3.05) is 43.5 Å². The molecule has 482 valence electrons.